The number of anilines is 1. The van der Waals surface area contributed by atoms with Crippen LogP contribution >= 0.6 is 30.8 Å². The van der Waals surface area contributed by atoms with Crippen LogP contribution in [0.5, 0.6) is 0 Å². The molecule has 0 heterocycles. The van der Waals surface area contributed by atoms with E-state index in [0.29, 0.717) is 15.7 Å². The van der Waals surface area contributed by atoms with E-state index in [9.17, 15) is 23.9 Å². The number of hydrogen-bond donors (Lipinski definition) is 4. The Kier molecular flexibility index (Phi) is 9.44. The summed E-state index contributed by atoms with van der Waals surface area (Å²) in [6, 6.07) is 4.08. The molecule has 1 rings (SSSR count). The first-order valence-corrected chi connectivity index (χ1v) is 11.4. The Morgan fingerprint density at radius 3 is 2.18 bits per heavy atom. The highest BCUT2D eigenvalue weighted by Crippen LogP contribution is 2.44. The molecule has 1 unspecified atom stereocenters. The van der Waals surface area contributed by atoms with Crippen LogP contribution in [0, 0.1) is 11.8 Å². The second-order valence-corrected chi connectivity index (χ2v) is 10.1. The number of carbonyl (C=O) groups excluding carboxylic acids is 2. The van der Waals surface area contributed by atoms with E-state index in [1.54, 1.807) is 26.0 Å². The van der Waals surface area contributed by atoms with Crippen LogP contribution in [-0.2, 0) is 14.2 Å². The van der Waals surface area contributed by atoms with Gasteiger partial charge in [0, 0.05) is 18.2 Å². The number of rotatable bonds is 9. The van der Waals surface area contributed by atoms with Gasteiger partial charge in [0.15, 0.2) is 0 Å². The Morgan fingerprint density at radius 2 is 1.71 bits per heavy atom. The van der Waals surface area contributed by atoms with Gasteiger partial charge < -0.3 is 20.4 Å². The van der Waals surface area contributed by atoms with Crippen molar-refractivity contribution in [1.29, 1.82) is 0 Å². The molecule has 0 spiro atoms. The van der Waals surface area contributed by atoms with Crippen molar-refractivity contribution >= 4 is 48.3 Å². The van der Waals surface area contributed by atoms with Crippen molar-refractivity contribution in [3.63, 3.8) is 0 Å². The van der Waals surface area contributed by atoms with E-state index >= 15 is 0 Å². The third kappa shape index (κ3) is 8.10. The average Bonchev–Trinajstić information content (AvgIpc) is 2.54. The molecule has 1 aromatic carbocycles. The lowest BCUT2D eigenvalue weighted by atomic mass is 9.99. The largest absolute Gasteiger partial charge is 0.352 e. The highest BCUT2D eigenvalue weighted by molar-refractivity contribution is 7.53. The number of benzene rings is 1. The van der Waals surface area contributed by atoms with Crippen LogP contribution in [0.3, 0.4) is 0 Å². The summed E-state index contributed by atoms with van der Waals surface area (Å²) >= 11 is 11.8. The van der Waals surface area contributed by atoms with Crippen LogP contribution in [0.1, 0.15) is 40.5 Å². The van der Waals surface area contributed by atoms with Gasteiger partial charge >= 0.3 is 7.60 Å². The Bertz CT molecular complexity index is 751. The Morgan fingerprint density at radius 1 is 1.11 bits per heavy atom. The fourth-order valence-electron chi connectivity index (χ4n) is 2.56. The van der Waals surface area contributed by atoms with Crippen molar-refractivity contribution in [2.75, 3.05) is 5.32 Å². The summed E-state index contributed by atoms with van der Waals surface area (Å²) in [4.78, 5) is 43.9. The lowest BCUT2D eigenvalue weighted by Gasteiger charge is -2.26. The third-order valence-electron chi connectivity index (χ3n) is 4.14. The average molecular weight is 453 g/mol. The molecule has 4 N–H and O–H groups in total. The maximum Gasteiger partial charge on any atom is 0.337 e. The van der Waals surface area contributed by atoms with Crippen molar-refractivity contribution in [2.24, 2.45) is 11.8 Å². The fourth-order valence-corrected chi connectivity index (χ4v) is 3.94. The summed E-state index contributed by atoms with van der Waals surface area (Å²) in [6.07, 6.45) is -0.00436. The zero-order chi connectivity index (χ0) is 21.6. The molecule has 0 aliphatic heterocycles. The number of halogens is 2. The minimum atomic E-state index is -4.61. The Hall–Kier alpha value is -1.11. The van der Waals surface area contributed by atoms with E-state index in [1.165, 1.54) is 6.07 Å². The van der Waals surface area contributed by atoms with Gasteiger partial charge in [-0.2, -0.15) is 0 Å². The number of amides is 2. The van der Waals surface area contributed by atoms with Crippen LogP contribution in [0.4, 0.5) is 5.69 Å². The molecule has 28 heavy (non-hydrogen) atoms. The second kappa shape index (κ2) is 10.6. The van der Waals surface area contributed by atoms with E-state index in [-0.39, 0.29) is 30.6 Å². The molecular weight excluding hydrogens is 426 g/mol. The molecule has 158 valence electrons. The van der Waals surface area contributed by atoms with Gasteiger partial charge in [-0.3, -0.25) is 14.2 Å². The SMILES string of the molecule is CC(C)CC(C(=O)N[C@H](CC(=O)Nc1ccc(Cl)c(Cl)c1)C(C)C)P(=O)(O)O. The van der Waals surface area contributed by atoms with E-state index in [2.05, 4.69) is 10.6 Å². The van der Waals surface area contributed by atoms with Gasteiger partial charge in [0.05, 0.1) is 10.0 Å². The molecule has 2 amide bonds. The third-order valence-corrected chi connectivity index (χ3v) is 6.14. The zero-order valence-electron chi connectivity index (χ0n) is 16.3. The molecule has 7 nitrogen and oxygen atoms in total. The molecule has 10 heteroatoms. The first-order chi connectivity index (χ1) is 12.8. The second-order valence-electron chi connectivity index (χ2n) is 7.47. The van der Waals surface area contributed by atoms with Crippen molar-refractivity contribution < 1.29 is 23.9 Å². The van der Waals surface area contributed by atoms with E-state index in [1.807, 2.05) is 13.8 Å². The van der Waals surface area contributed by atoms with Crippen molar-refractivity contribution in [1.82, 2.24) is 5.32 Å². The van der Waals surface area contributed by atoms with Crippen LogP contribution in [0.15, 0.2) is 18.2 Å². The Labute approximate surface area is 175 Å². The quantitative estimate of drug-likeness (QED) is 0.421. The molecule has 0 saturated carbocycles. The van der Waals surface area contributed by atoms with Gasteiger partial charge in [-0.1, -0.05) is 50.9 Å². The summed E-state index contributed by atoms with van der Waals surface area (Å²) in [5.41, 5.74) is -0.979. The molecule has 0 bridgehead atoms. The summed E-state index contributed by atoms with van der Waals surface area (Å²) in [7, 11) is -4.61. The van der Waals surface area contributed by atoms with Crippen molar-refractivity contribution in [2.45, 2.75) is 52.2 Å². The van der Waals surface area contributed by atoms with Crippen LogP contribution in [0.2, 0.25) is 10.0 Å². The standard InChI is InChI=1S/C18H27Cl2N2O5P/c1-10(2)7-16(28(25,26)27)18(24)22-15(11(3)4)9-17(23)21-12-5-6-13(19)14(20)8-12/h5-6,8,10-11,15-16H,7,9H2,1-4H3,(H,21,23)(H,22,24)(H2,25,26,27)/t15-,16?/m1/s1. The van der Waals surface area contributed by atoms with Gasteiger partial charge in [-0.25, -0.2) is 0 Å². The lowest BCUT2D eigenvalue weighted by Crippen LogP contribution is -2.45. The van der Waals surface area contributed by atoms with E-state index in [0.717, 1.165) is 0 Å². The monoisotopic (exact) mass is 452 g/mol. The molecule has 0 radical (unpaired) electrons. The maximum atomic E-state index is 12.5. The van der Waals surface area contributed by atoms with Crippen LogP contribution < -0.4 is 10.6 Å². The lowest BCUT2D eigenvalue weighted by molar-refractivity contribution is -0.123. The molecule has 0 fully saturated rings. The highest BCUT2D eigenvalue weighted by Gasteiger charge is 2.37. The number of hydrogen-bond acceptors (Lipinski definition) is 3. The summed E-state index contributed by atoms with van der Waals surface area (Å²) in [5.74, 6) is -1.31. The van der Waals surface area contributed by atoms with E-state index < -0.39 is 25.2 Å². The molecule has 0 aliphatic rings. The Balaban J connectivity index is 2.83. The van der Waals surface area contributed by atoms with Gasteiger partial charge in [-0.05, 0) is 36.5 Å². The first-order valence-electron chi connectivity index (χ1n) is 8.91. The van der Waals surface area contributed by atoms with Gasteiger partial charge in [0.1, 0.15) is 5.66 Å². The van der Waals surface area contributed by atoms with Crippen LogP contribution in [0.25, 0.3) is 0 Å². The molecule has 0 saturated heterocycles. The molecule has 2 atom stereocenters. The molecule has 1 aromatic rings. The number of nitrogens with one attached hydrogen (secondary N) is 2. The smallest absolute Gasteiger partial charge is 0.337 e. The highest BCUT2D eigenvalue weighted by atomic mass is 35.5. The topological polar surface area (TPSA) is 116 Å². The molecule has 0 aliphatic carbocycles. The first kappa shape index (κ1) is 24.9. The molecular formula is C18H27Cl2N2O5P. The van der Waals surface area contributed by atoms with Gasteiger partial charge in [0.25, 0.3) is 0 Å². The zero-order valence-corrected chi connectivity index (χ0v) is 18.7. The van der Waals surface area contributed by atoms with Crippen LogP contribution in [-0.4, -0.2) is 33.3 Å². The predicted molar refractivity (Wildman–Crippen MR) is 112 cm³/mol. The van der Waals surface area contributed by atoms with Crippen molar-refractivity contribution in [3.05, 3.63) is 28.2 Å². The summed E-state index contributed by atoms with van der Waals surface area (Å²) in [5, 5.41) is 5.96. The van der Waals surface area contributed by atoms with Gasteiger partial charge in [-0.15, -0.1) is 0 Å². The van der Waals surface area contributed by atoms with Crippen molar-refractivity contribution in [3.8, 4) is 0 Å². The minimum Gasteiger partial charge on any atom is -0.352 e. The van der Waals surface area contributed by atoms with E-state index in [4.69, 9.17) is 23.2 Å². The predicted octanol–water partition coefficient (Wildman–Crippen LogP) is 4.06. The summed E-state index contributed by atoms with van der Waals surface area (Å²) in [6.45, 7) is 7.18. The fraction of sp³-hybridized carbons (Fsp3) is 0.556. The normalized spacial score (nSPS) is 14.1. The minimum absolute atomic E-state index is 0.0520. The number of carbonyl (C=O) groups is 2. The molecule has 0 aromatic heterocycles. The van der Waals surface area contributed by atoms with Gasteiger partial charge in [0.2, 0.25) is 11.8 Å². The maximum absolute atomic E-state index is 12.5. The summed E-state index contributed by atoms with van der Waals surface area (Å²) < 4.78 is 11.7.